The third-order valence-corrected chi connectivity index (χ3v) is 6.91. The summed E-state index contributed by atoms with van der Waals surface area (Å²) in [6, 6.07) is 20.9. The van der Waals surface area contributed by atoms with Crippen LogP contribution in [0.3, 0.4) is 0 Å². The minimum absolute atomic E-state index is 0.125. The summed E-state index contributed by atoms with van der Waals surface area (Å²) in [5.74, 6) is 1.22. The lowest BCUT2D eigenvalue weighted by molar-refractivity contribution is -0.118. The van der Waals surface area contributed by atoms with Crippen LogP contribution in [0.1, 0.15) is 16.7 Å². The van der Waals surface area contributed by atoms with E-state index in [-0.39, 0.29) is 17.2 Å². The highest BCUT2D eigenvalue weighted by Gasteiger charge is 2.19. The topological polar surface area (TPSA) is 90.5 Å². The van der Waals surface area contributed by atoms with Crippen molar-refractivity contribution >= 4 is 34.3 Å². The summed E-state index contributed by atoms with van der Waals surface area (Å²) in [7, 11) is 1.62. The van der Waals surface area contributed by atoms with Crippen LogP contribution in [-0.4, -0.2) is 37.9 Å². The number of hydrogen-bond donors (Lipinski definition) is 1. The molecule has 1 N–H and O–H groups in total. The van der Waals surface area contributed by atoms with Gasteiger partial charge in [0.05, 0.1) is 29.5 Å². The molecular formula is C27H25N5O3S. The number of hydrogen-bond acceptors (Lipinski definition) is 6. The van der Waals surface area contributed by atoms with Gasteiger partial charge in [0.1, 0.15) is 5.75 Å². The Balaban J connectivity index is 1.46. The molecule has 0 atom stereocenters. The first-order valence-corrected chi connectivity index (χ1v) is 12.4. The Morgan fingerprint density at radius 3 is 2.58 bits per heavy atom. The molecule has 0 saturated heterocycles. The fourth-order valence-electron chi connectivity index (χ4n) is 4.07. The molecule has 2 heterocycles. The van der Waals surface area contributed by atoms with E-state index in [2.05, 4.69) is 15.5 Å². The molecule has 0 fully saturated rings. The van der Waals surface area contributed by atoms with E-state index in [1.54, 1.807) is 17.7 Å². The van der Waals surface area contributed by atoms with E-state index in [4.69, 9.17) is 4.74 Å². The van der Waals surface area contributed by atoms with Gasteiger partial charge in [0.25, 0.3) is 5.56 Å². The number of benzene rings is 3. The average molecular weight is 500 g/mol. The highest BCUT2D eigenvalue weighted by molar-refractivity contribution is 7.99. The van der Waals surface area contributed by atoms with Gasteiger partial charge in [-0.2, -0.15) is 0 Å². The average Bonchev–Trinajstić information content (AvgIpc) is 3.32. The van der Waals surface area contributed by atoms with Crippen LogP contribution in [0.4, 0.5) is 0 Å². The number of rotatable bonds is 7. The summed E-state index contributed by atoms with van der Waals surface area (Å²) in [4.78, 5) is 26.1. The lowest BCUT2D eigenvalue weighted by Crippen LogP contribution is -2.25. The van der Waals surface area contributed by atoms with Crippen LogP contribution in [0.5, 0.6) is 5.75 Å². The van der Waals surface area contributed by atoms with Crippen LogP contribution >= 0.6 is 11.8 Å². The predicted octanol–water partition coefficient (Wildman–Crippen LogP) is 4.07. The van der Waals surface area contributed by atoms with Crippen molar-refractivity contribution in [2.24, 2.45) is 0 Å². The molecule has 182 valence electrons. The quantitative estimate of drug-likeness (QED) is 0.340. The summed E-state index contributed by atoms with van der Waals surface area (Å²) in [5.41, 5.74) is 4.27. The predicted molar refractivity (Wildman–Crippen MR) is 141 cm³/mol. The van der Waals surface area contributed by atoms with Crippen molar-refractivity contribution in [1.82, 2.24) is 24.5 Å². The lowest BCUT2D eigenvalue weighted by Gasteiger charge is -2.14. The van der Waals surface area contributed by atoms with Gasteiger partial charge in [-0.25, -0.2) is 4.57 Å². The molecule has 0 unspecified atom stereocenters. The Labute approximate surface area is 211 Å². The monoisotopic (exact) mass is 499 g/mol. The molecule has 0 saturated carbocycles. The highest BCUT2D eigenvalue weighted by atomic mass is 32.2. The molecule has 0 aliphatic heterocycles. The van der Waals surface area contributed by atoms with Gasteiger partial charge in [-0.1, -0.05) is 48.2 Å². The first-order valence-electron chi connectivity index (χ1n) is 11.4. The number of methoxy groups -OCH3 is 1. The van der Waals surface area contributed by atoms with Crippen molar-refractivity contribution in [2.45, 2.75) is 25.5 Å². The molecule has 36 heavy (non-hydrogen) atoms. The molecule has 0 spiro atoms. The molecule has 0 aliphatic carbocycles. The Kier molecular flexibility index (Phi) is 6.47. The van der Waals surface area contributed by atoms with E-state index < -0.39 is 0 Å². The van der Waals surface area contributed by atoms with Gasteiger partial charge in [-0.3, -0.25) is 14.0 Å². The number of carbonyl (C=O) groups is 1. The number of nitrogens with one attached hydrogen (secondary N) is 1. The van der Waals surface area contributed by atoms with Crippen molar-refractivity contribution in [1.29, 1.82) is 0 Å². The summed E-state index contributed by atoms with van der Waals surface area (Å²) >= 11 is 1.28. The molecule has 0 radical (unpaired) electrons. The molecule has 2 aromatic heterocycles. The van der Waals surface area contributed by atoms with Gasteiger partial charge in [-0.15, -0.1) is 10.2 Å². The third-order valence-electron chi connectivity index (χ3n) is 5.98. The van der Waals surface area contributed by atoms with Crippen molar-refractivity contribution < 1.29 is 9.53 Å². The maximum Gasteiger partial charge on any atom is 0.267 e. The van der Waals surface area contributed by atoms with Crippen LogP contribution in [0, 0.1) is 13.8 Å². The van der Waals surface area contributed by atoms with E-state index in [0.29, 0.717) is 28.4 Å². The van der Waals surface area contributed by atoms with Crippen LogP contribution in [0.15, 0.2) is 76.7 Å². The molecule has 0 bridgehead atoms. The maximum atomic E-state index is 13.5. The van der Waals surface area contributed by atoms with Gasteiger partial charge in [0.2, 0.25) is 11.7 Å². The molecule has 0 aliphatic rings. The summed E-state index contributed by atoms with van der Waals surface area (Å²) in [6.45, 7) is 4.37. The zero-order valence-corrected chi connectivity index (χ0v) is 21.0. The van der Waals surface area contributed by atoms with Crippen LogP contribution in [0.2, 0.25) is 0 Å². The summed E-state index contributed by atoms with van der Waals surface area (Å²) < 4.78 is 8.62. The second-order valence-corrected chi connectivity index (χ2v) is 9.42. The summed E-state index contributed by atoms with van der Waals surface area (Å²) in [6.07, 6.45) is 0. The Morgan fingerprint density at radius 2 is 1.81 bits per heavy atom. The number of nitrogens with zero attached hydrogens (tertiary/aromatic N) is 4. The number of amides is 1. The number of aryl methyl sites for hydroxylation is 2. The fourth-order valence-corrected chi connectivity index (χ4v) is 4.84. The SMILES string of the molecule is COc1ccc(CNC(=O)CSc2nnc3n(-c4cc(C)ccc4C)c(=O)c4ccccc4n23)cc1. The first kappa shape index (κ1) is 23.6. The number of fused-ring (bicyclic) bond motifs is 3. The number of thioether (sulfide) groups is 1. The molecule has 5 aromatic rings. The zero-order valence-electron chi connectivity index (χ0n) is 20.2. The molecule has 8 nitrogen and oxygen atoms in total. The van der Waals surface area contributed by atoms with Crippen molar-refractivity contribution in [3.63, 3.8) is 0 Å². The van der Waals surface area contributed by atoms with Crippen LogP contribution in [-0.2, 0) is 11.3 Å². The number of carbonyl (C=O) groups excluding carboxylic acids is 1. The zero-order chi connectivity index (χ0) is 25.2. The van der Waals surface area contributed by atoms with Crippen molar-refractivity contribution in [3.05, 3.63) is 93.8 Å². The van der Waals surface area contributed by atoms with E-state index in [1.165, 1.54) is 11.8 Å². The van der Waals surface area contributed by atoms with E-state index >= 15 is 0 Å². The van der Waals surface area contributed by atoms with Gasteiger partial charge in [-0.05, 0) is 60.9 Å². The minimum atomic E-state index is -0.159. The highest BCUT2D eigenvalue weighted by Crippen LogP contribution is 2.24. The van der Waals surface area contributed by atoms with Gasteiger partial charge >= 0.3 is 0 Å². The van der Waals surface area contributed by atoms with Crippen LogP contribution < -0.4 is 15.6 Å². The van der Waals surface area contributed by atoms with Crippen LogP contribution in [0.25, 0.3) is 22.4 Å². The molecule has 9 heteroatoms. The van der Waals surface area contributed by atoms with Gasteiger partial charge in [0.15, 0.2) is 5.16 Å². The Hall–Kier alpha value is -4.11. The largest absolute Gasteiger partial charge is 0.497 e. The second-order valence-electron chi connectivity index (χ2n) is 8.48. The standard InChI is InChI=1S/C27H25N5O3S/c1-17-8-9-18(2)23(14-17)31-25(34)21-6-4-5-7-22(21)32-26(31)29-30-27(32)36-16-24(33)28-15-19-10-12-20(35-3)13-11-19/h4-14H,15-16H2,1-3H3,(H,28,33). The molecule has 5 rings (SSSR count). The van der Waals surface area contributed by atoms with Crippen molar-refractivity contribution in [2.75, 3.05) is 12.9 Å². The van der Waals surface area contributed by atoms with Gasteiger partial charge in [0, 0.05) is 6.54 Å². The Morgan fingerprint density at radius 1 is 1.03 bits per heavy atom. The summed E-state index contributed by atoms with van der Waals surface area (Å²) in [5, 5.41) is 12.8. The lowest BCUT2D eigenvalue weighted by atomic mass is 10.1. The number of aromatic nitrogens is 4. The molecule has 1 amide bonds. The van der Waals surface area contributed by atoms with Gasteiger partial charge < -0.3 is 10.1 Å². The Bertz CT molecular complexity index is 1640. The van der Waals surface area contributed by atoms with E-state index in [9.17, 15) is 9.59 Å². The second kappa shape index (κ2) is 9.87. The fraction of sp³-hybridized carbons (Fsp3) is 0.185. The number of para-hydroxylation sites is 1. The smallest absolute Gasteiger partial charge is 0.267 e. The number of ether oxygens (including phenoxy) is 1. The maximum absolute atomic E-state index is 13.5. The first-order chi connectivity index (χ1) is 17.5. The third kappa shape index (κ3) is 4.45. The van der Waals surface area contributed by atoms with E-state index in [0.717, 1.165) is 28.1 Å². The van der Waals surface area contributed by atoms with Crippen molar-refractivity contribution in [3.8, 4) is 11.4 Å². The normalized spacial score (nSPS) is 11.2. The van der Waals surface area contributed by atoms with E-state index in [1.807, 2.05) is 78.9 Å². The minimum Gasteiger partial charge on any atom is -0.497 e. The molecule has 3 aromatic carbocycles. The molecular weight excluding hydrogens is 474 g/mol.